The average molecular weight is 599 g/mol. The van der Waals surface area contributed by atoms with Crippen LogP contribution in [0.3, 0.4) is 0 Å². The Morgan fingerprint density at radius 2 is 1.80 bits per heavy atom. The van der Waals surface area contributed by atoms with Crippen molar-refractivity contribution in [2.45, 2.75) is 24.9 Å². The molecule has 30 heavy (non-hydrogen) atoms. The van der Waals surface area contributed by atoms with Crippen LogP contribution in [0.4, 0.5) is 0 Å². The first-order chi connectivity index (χ1) is 14.4. The fourth-order valence-corrected chi connectivity index (χ4v) is 4.25. The van der Waals surface area contributed by atoms with E-state index in [0.29, 0.717) is 23.7 Å². The summed E-state index contributed by atoms with van der Waals surface area (Å²) in [4.78, 5) is 23.6. The van der Waals surface area contributed by atoms with Gasteiger partial charge >= 0.3 is 0 Å². The highest BCUT2D eigenvalue weighted by molar-refractivity contribution is 14.1. The van der Waals surface area contributed by atoms with Crippen molar-refractivity contribution in [2.24, 2.45) is 0 Å². The van der Waals surface area contributed by atoms with Crippen molar-refractivity contribution in [1.29, 1.82) is 0 Å². The minimum Gasteiger partial charge on any atom is -0.356 e. The van der Waals surface area contributed by atoms with Gasteiger partial charge in [-0.15, -0.1) is 10.2 Å². The Bertz CT molecular complexity index is 1020. The van der Waals surface area contributed by atoms with Gasteiger partial charge in [0.05, 0.1) is 5.75 Å². The van der Waals surface area contributed by atoms with E-state index in [4.69, 9.17) is 0 Å². The molecule has 0 bridgehead atoms. The zero-order valence-corrected chi connectivity index (χ0v) is 20.8. The molecule has 1 aromatic heterocycles. The van der Waals surface area contributed by atoms with E-state index in [1.807, 2.05) is 53.1 Å². The number of carbonyl (C=O) groups excluding carboxylic acids is 2. The van der Waals surface area contributed by atoms with E-state index in [1.54, 1.807) is 0 Å². The van der Waals surface area contributed by atoms with Crippen molar-refractivity contribution in [2.75, 3.05) is 12.3 Å². The van der Waals surface area contributed by atoms with Gasteiger partial charge in [-0.25, -0.2) is 0 Å². The Morgan fingerprint density at radius 3 is 2.47 bits per heavy atom. The number of hydrogen-bond donors (Lipinski definition) is 1. The molecule has 0 aliphatic heterocycles. The molecule has 0 saturated heterocycles. The van der Waals surface area contributed by atoms with Crippen LogP contribution < -0.4 is 5.32 Å². The molecule has 0 saturated carbocycles. The van der Waals surface area contributed by atoms with Crippen molar-refractivity contribution >= 4 is 62.0 Å². The molecule has 0 aliphatic rings. The van der Waals surface area contributed by atoms with Gasteiger partial charge in [-0.1, -0.05) is 39.8 Å². The predicted molar refractivity (Wildman–Crippen MR) is 130 cm³/mol. The van der Waals surface area contributed by atoms with E-state index >= 15 is 0 Å². The molecule has 0 unspecified atom stereocenters. The molecule has 9 heteroatoms. The van der Waals surface area contributed by atoms with Crippen LogP contribution in [0.1, 0.15) is 29.5 Å². The van der Waals surface area contributed by atoms with E-state index in [-0.39, 0.29) is 17.4 Å². The van der Waals surface area contributed by atoms with Crippen LogP contribution in [0.5, 0.6) is 0 Å². The van der Waals surface area contributed by atoms with E-state index in [1.165, 1.54) is 18.7 Å². The first-order valence-corrected chi connectivity index (χ1v) is 12.2. The lowest BCUT2D eigenvalue weighted by atomic mass is 10.2. The van der Waals surface area contributed by atoms with Crippen LogP contribution in [0.25, 0.3) is 5.69 Å². The number of benzene rings is 2. The number of carbonyl (C=O) groups is 2. The van der Waals surface area contributed by atoms with Gasteiger partial charge in [0.1, 0.15) is 5.82 Å². The Hall–Kier alpha value is -1.72. The number of amides is 1. The lowest BCUT2D eigenvalue weighted by Crippen LogP contribution is -2.21. The number of aryl methyl sites for hydroxylation is 1. The molecule has 0 fully saturated rings. The second-order valence-corrected chi connectivity index (χ2v) is 9.62. The summed E-state index contributed by atoms with van der Waals surface area (Å²) in [7, 11) is 0. The first-order valence-electron chi connectivity index (χ1n) is 9.30. The minimum atomic E-state index is -0.0446. The normalized spacial score (nSPS) is 10.8. The van der Waals surface area contributed by atoms with E-state index in [0.717, 1.165) is 26.0 Å². The third kappa shape index (κ3) is 6.39. The highest BCUT2D eigenvalue weighted by Crippen LogP contribution is 2.24. The van der Waals surface area contributed by atoms with Crippen molar-refractivity contribution in [3.8, 4) is 5.69 Å². The molecule has 0 aliphatic carbocycles. The molecular weight excluding hydrogens is 579 g/mol. The lowest BCUT2D eigenvalue weighted by Gasteiger charge is -2.10. The predicted octanol–water partition coefficient (Wildman–Crippen LogP) is 4.68. The summed E-state index contributed by atoms with van der Waals surface area (Å²) in [6.45, 7) is 2.09. The summed E-state index contributed by atoms with van der Waals surface area (Å²) < 4.78 is 4.06. The maximum atomic E-state index is 12.6. The molecular formula is C21H20BrIN4O2S. The monoisotopic (exact) mass is 598 g/mol. The van der Waals surface area contributed by atoms with Crippen molar-refractivity contribution in [3.05, 3.63) is 68.0 Å². The summed E-state index contributed by atoms with van der Waals surface area (Å²) in [5, 5.41) is 12.2. The quantitative estimate of drug-likeness (QED) is 0.168. The third-order valence-corrected chi connectivity index (χ3v) is 6.41. The molecule has 1 N–H and O–H groups in total. The number of Topliss-reactive ketones (excluding diaryl/α,β-unsaturated/α-hetero) is 1. The summed E-state index contributed by atoms with van der Waals surface area (Å²) in [6, 6.07) is 15.4. The summed E-state index contributed by atoms with van der Waals surface area (Å²) in [5.41, 5.74) is 1.62. The molecule has 0 spiro atoms. The fourth-order valence-electron chi connectivity index (χ4n) is 2.77. The van der Waals surface area contributed by atoms with Crippen molar-refractivity contribution in [3.63, 3.8) is 0 Å². The van der Waals surface area contributed by atoms with Gasteiger partial charge in [-0.05, 0) is 65.4 Å². The number of nitrogens with zero attached hydrogens (tertiary/aromatic N) is 3. The van der Waals surface area contributed by atoms with Crippen LogP contribution in [0.15, 0.2) is 58.2 Å². The van der Waals surface area contributed by atoms with Gasteiger partial charge in [0.2, 0.25) is 5.91 Å². The van der Waals surface area contributed by atoms with Crippen LogP contribution >= 0.6 is 50.3 Å². The molecule has 156 valence electrons. The minimum absolute atomic E-state index is 0.0388. The van der Waals surface area contributed by atoms with Crippen LogP contribution in [0, 0.1) is 3.57 Å². The summed E-state index contributed by atoms with van der Waals surface area (Å²) in [6.07, 6.45) is 1.42. The fraction of sp³-hybridized carbons (Fsp3) is 0.238. The molecule has 1 amide bonds. The van der Waals surface area contributed by atoms with Gasteiger partial charge in [0.25, 0.3) is 0 Å². The van der Waals surface area contributed by atoms with Gasteiger partial charge in [-0.3, -0.25) is 14.2 Å². The average Bonchev–Trinajstić information content (AvgIpc) is 3.13. The highest BCUT2D eigenvalue weighted by atomic mass is 127. The summed E-state index contributed by atoms with van der Waals surface area (Å²) in [5.74, 6) is 1.07. The SMILES string of the molecule is CC(=O)NCCCc1nnc(SCC(=O)c2ccc(Br)cc2)n1-c1ccc(I)cc1. The second kappa shape index (κ2) is 11.1. The van der Waals surface area contributed by atoms with E-state index < -0.39 is 0 Å². The number of aromatic nitrogens is 3. The largest absolute Gasteiger partial charge is 0.356 e. The summed E-state index contributed by atoms with van der Waals surface area (Å²) >= 11 is 7.03. The Labute approximate surface area is 201 Å². The zero-order chi connectivity index (χ0) is 21.5. The Morgan fingerprint density at radius 1 is 1.10 bits per heavy atom. The maximum absolute atomic E-state index is 12.6. The molecule has 0 atom stereocenters. The standard InChI is InChI=1S/C21H20BrIN4O2S/c1-14(28)24-12-2-3-20-25-26-21(27(20)18-10-8-17(23)9-11-18)30-13-19(29)15-4-6-16(22)7-5-15/h4-11H,2-3,12-13H2,1H3,(H,24,28). The number of thioether (sulfide) groups is 1. The van der Waals surface area contributed by atoms with Crippen LogP contribution in [-0.2, 0) is 11.2 Å². The van der Waals surface area contributed by atoms with E-state index in [9.17, 15) is 9.59 Å². The second-order valence-electron chi connectivity index (χ2n) is 6.52. The van der Waals surface area contributed by atoms with Gasteiger partial charge < -0.3 is 5.32 Å². The van der Waals surface area contributed by atoms with Crippen LogP contribution in [-0.4, -0.2) is 38.8 Å². The molecule has 2 aromatic carbocycles. The zero-order valence-electron chi connectivity index (χ0n) is 16.3. The van der Waals surface area contributed by atoms with Crippen molar-refractivity contribution in [1.82, 2.24) is 20.1 Å². The molecule has 3 aromatic rings. The first kappa shape index (κ1) is 23.0. The van der Waals surface area contributed by atoms with Crippen molar-refractivity contribution < 1.29 is 9.59 Å². The Kier molecular flexibility index (Phi) is 8.46. The lowest BCUT2D eigenvalue weighted by molar-refractivity contribution is -0.118. The number of nitrogens with one attached hydrogen (secondary N) is 1. The topological polar surface area (TPSA) is 76.9 Å². The number of rotatable bonds is 9. The molecule has 1 heterocycles. The Balaban J connectivity index is 1.77. The van der Waals surface area contributed by atoms with Gasteiger partial charge in [0, 0.05) is 39.2 Å². The maximum Gasteiger partial charge on any atom is 0.216 e. The number of ketones is 1. The molecule has 3 rings (SSSR count). The van der Waals surface area contributed by atoms with Gasteiger partial charge in [0.15, 0.2) is 10.9 Å². The number of halogens is 2. The smallest absolute Gasteiger partial charge is 0.216 e. The van der Waals surface area contributed by atoms with E-state index in [2.05, 4.69) is 54.0 Å². The molecule has 6 nitrogen and oxygen atoms in total. The molecule has 0 radical (unpaired) electrons. The highest BCUT2D eigenvalue weighted by Gasteiger charge is 2.16. The van der Waals surface area contributed by atoms with Crippen LogP contribution in [0.2, 0.25) is 0 Å². The number of hydrogen-bond acceptors (Lipinski definition) is 5. The third-order valence-electron chi connectivity index (χ3n) is 4.23. The van der Waals surface area contributed by atoms with Gasteiger partial charge in [-0.2, -0.15) is 0 Å².